The number of ether oxygens (including phenoxy) is 1. The summed E-state index contributed by atoms with van der Waals surface area (Å²) in [5, 5.41) is 0. The van der Waals surface area contributed by atoms with Gasteiger partial charge in [-0.1, -0.05) is 64.3 Å². The molecule has 6 heteroatoms. The minimum atomic E-state index is -0.765. The van der Waals surface area contributed by atoms with Crippen LogP contribution in [0, 0.1) is 0 Å². The lowest BCUT2D eigenvalue weighted by atomic mass is 9.81. The van der Waals surface area contributed by atoms with Crippen molar-refractivity contribution in [3.05, 3.63) is 35.4 Å². The van der Waals surface area contributed by atoms with Gasteiger partial charge in [0.1, 0.15) is 18.7 Å². The van der Waals surface area contributed by atoms with Crippen molar-refractivity contribution < 1.29 is 19.1 Å². The van der Waals surface area contributed by atoms with Gasteiger partial charge in [-0.25, -0.2) is 4.79 Å². The molecular weight excluding hydrogens is 356 g/mol. The first-order chi connectivity index (χ1) is 13.1. The van der Waals surface area contributed by atoms with E-state index in [1.165, 1.54) is 10.5 Å². The van der Waals surface area contributed by atoms with Gasteiger partial charge in [0.2, 0.25) is 0 Å². The number of carbonyl (C=O) groups excluding carboxylic acids is 3. The zero-order valence-electron chi connectivity index (χ0n) is 17.3. The van der Waals surface area contributed by atoms with Gasteiger partial charge in [-0.15, -0.1) is 0 Å². The lowest BCUT2D eigenvalue weighted by molar-refractivity contribution is -0.149. The highest BCUT2D eigenvalue weighted by Gasteiger charge is 2.55. The fourth-order valence-electron chi connectivity index (χ4n) is 4.11. The summed E-state index contributed by atoms with van der Waals surface area (Å²) in [4.78, 5) is 40.3. The summed E-state index contributed by atoms with van der Waals surface area (Å²) in [5.74, 6) is -0.825. The standard InChI is InChI=1S/C22H30N2O4/c1-21(2,3)17-10-8-16(9-11-17)15-28-18(25)14-24-19(26)22(23(4)20(24)27)12-6-5-7-13-22/h8-11H,5-7,12-15H2,1-4H3. The number of benzene rings is 1. The van der Waals surface area contributed by atoms with Gasteiger partial charge in [0.05, 0.1) is 0 Å². The molecule has 0 unspecified atom stereocenters. The number of carbonyl (C=O) groups is 3. The summed E-state index contributed by atoms with van der Waals surface area (Å²) in [6.07, 6.45) is 4.25. The molecule has 0 radical (unpaired) electrons. The molecule has 1 aliphatic heterocycles. The van der Waals surface area contributed by atoms with E-state index >= 15 is 0 Å². The number of hydrogen-bond acceptors (Lipinski definition) is 4. The Balaban J connectivity index is 1.59. The Labute approximate surface area is 166 Å². The van der Waals surface area contributed by atoms with Crippen LogP contribution < -0.4 is 0 Å². The van der Waals surface area contributed by atoms with E-state index in [0.717, 1.165) is 29.7 Å². The third kappa shape index (κ3) is 3.77. The second-order valence-corrected chi connectivity index (χ2v) is 8.93. The quantitative estimate of drug-likeness (QED) is 0.585. The van der Waals surface area contributed by atoms with Gasteiger partial charge in [-0.2, -0.15) is 0 Å². The van der Waals surface area contributed by atoms with Crippen molar-refractivity contribution in [2.75, 3.05) is 13.6 Å². The van der Waals surface area contributed by atoms with Crippen molar-refractivity contribution in [3.63, 3.8) is 0 Å². The molecule has 0 aromatic heterocycles. The first-order valence-corrected chi connectivity index (χ1v) is 10.00. The Hall–Kier alpha value is -2.37. The Morgan fingerprint density at radius 3 is 2.25 bits per heavy atom. The van der Waals surface area contributed by atoms with Crippen molar-refractivity contribution in [1.82, 2.24) is 9.80 Å². The first-order valence-electron chi connectivity index (χ1n) is 10.00. The molecule has 1 spiro atoms. The molecule has 1 aliphatic carbocycles. The fraction of sp³-hybridized carbons (Fsp3) is 0.591. The van der Waals surface area contributed by atoms with Gasteiger partial charge < -0.3 is 9.64 Å². The van der Waals surface area contributed by atoms with Crippen molar-refractivity contribution in [2.24, 2.45) is 0 Å². The van der Waals surface area contributed by atoms with Gasteiger partial charge in [0.25, 0.3) is 5.91 Å². The topological polar surface area (TPSA) is 66.9 Å². The minimum absolute atomic E-state index is 0.0623. The molecule has 3 amide bonds. The summed E-state index contributed by atoms with van der Waals surface area (Å²) >= 11 is 0. The molecule has 1 aromatic rings. The third-order valence-electron chi connectivity index (χ3n) is 5.99. The summed E-state index contributed by atoms with van der Waals surface area (Å²) in [6.45, 7) is 6.22. The van der Waals surface area contributed by atoms with Crippen molar-refractivity contribution in [2.45, 2.75) is 70.4 Å². The van der Waals surface area contributed by atoms with E-state index in [-0.39, 0.29) is 24.5 Å². The van der Waals surface area contributed by atoms with Gasteiger partial charge in [-0.3, -0.25) is 14.5 Å². The molecule has 1 heterocycles. The van der Waals surface area contributed by atoms with Gasteiger partial charge >= 0.3 is 12.0 Å². The predicted molar refractivity (Wildman–Crippen MR) is 106 cm³/mol. The molecule has 2 aliphatic rings. The zero-order chi connectivity index (χ0) is 20.5. The van der Waals surface area contributed by atoms with Crippen molar-refractivity contribution >= 4 is 17.9 Å². The van der Waals surface area contributed by atoms with E-state index in [1.807, 2.05) is 24.3 Å². The number of imide groups is 1. The second kappa shape index (κ2) is 7.57. The molecule has 1 saturated heterocycles. The Morgan fingerprint density at radius 2 is 1.68 bits per heavy atom. The van der Waals surface area contributed by atoms with Crippen LogP contribution in [0.5, 0.6) is 0 Å². The average molecular weight is 386 g/mol. The largest absolute Gasteiger partial charge is 0.459 e. The van der Waals surface area contributed by atoms with Crippen molar-refractivity contribution in [3.8, 4) is 0 Å². The smallest absolute Gasteiger partial charge is 0.327 e. The first kappa shape index (κ1) is 20.4. The van der Waals surface area contributed by atoms with Gasteiger partial charge in [0, 0.05) is 7.05 Å². The zero-order valence-corrected chi connectivity index (χ0v) is 17.3. The lowest BCUT2D eigenvalue weighted by Crippen LogP contribution is -2.49. The van der Waals surface area contributed by atoms with Crippen LogP contribution in [0.4, 0.5) is 4.79 Å². The number of amides is 3. The molecule has 6 nitrogen and oxygen atoms in total. The highest BCUT2D eigenvalue weighted by molar-refractivity contribution is 6.08. The van der Waals surface area contributed by atoms with Gasteiger partial charge in [0.15, 0.2) is 0 Å². The van der Waals surface area contributed by atoms with Crippen molar-refractivity contribution in [1.29, 1.82) is 0 Å². The Bertz CT molecular complexity index is 758. The van der Waals surface area contributed by atoms with Gasteiger partial charge in [-0.05, 0) is 29.4 Å². The molecule has 3 rings (SSSR count). The number of nitrogens with zero attached hydrogens (tertiary/aromatic N) is 2. The molecule has 1 aromatic carbocycles. The normalized spacial score (nSPS) is 19.4. The van der Waals surface area contributed by atoms with Crippen LogP contribution in [0.3, 0.4) is 0 Å². The van der Waals surface area contributed by atoms with E-state index < -0.39 is 17.5 Å². The average Bonchev–Trinajstić information content (AvgIpc) is 2.83. The molecule has 0 atom stereocenters. The van der Waals surface area contributed by atoms with Crippen LogP contribution in [-0.4, -0.2) is 46.8 Å². The molecule has 28 heavy (non-hydrogen) atoms. The van der Waals surface area contributed by atoms with Crippen LogP contribution in [0.25, 0.3) is 0 Å². The summed E-state index contributed by atoms with van der Waals surface area (Å²) < 4.78 is 5.32. The van der Waals surface area contributed by atoms with E-state index in [2.05, 4.69) is 20.8 Å². The van der Waals surface area contributed by atoms with E-state index in [9.17, 15) is 14.4 Å². The third-order valence-corrected chi connectivity index (χ3v) is 5.99. The summed E-state index contributed by atoms with van der Waals surface area (Å²) in [7, 11) is 1.66. The number of esters is 1. The molecule has 2 fully saturated rings. The number of rotatable bonds is 4. The maximum absolute atomic E-state index is 12.9. The number of urea groups is 1. The van der Waals surface area contributed by atoms with Crippen LogP contribution in [-0.2, 0) is 26.3 Å². The number of hydrogen-bond donors (Lipinski definition) is 0. The summed E-state index contributed by atoms with van der Waals surface area (Å²) in [6, 6.07) is 7.52. The maximum Gasteiger partial charge on any atom is 0.327 e. The summed E-state index contributed by atoms with van der Waals surface area (Å²) in [5.41, 5.74) is 1.38. The van der Waals surface area contributed by atoms with Crippen LogP contribution in [0.2, 0.25) is 0 Å². The van der Waals surface area contributed by atoms with E-state index in [0.29, 0.717) is 12.8 Å². The monoisotopic (exact) mass is 386 g/mol. The van der Waals surface area contributed by atoms with Crippen LogP contribution >= 0.6 is 0 Å². The van der Waals surface area contributed by atoms with E-state index in [4.69, 9.17) is 4.74 Å². The molecule has 1 saturated carbocycles. The molecule has 0 bridgehead atoms. The maximum atomic E-state index is 12.9. The SMILES string of the molecule is CN1C(=O)N(CC(=O)OCc2ccc(C(C)(C)C)cc2)C(=O)C12CCCCC2. The Morgan fingerprint density at radius 1 is 1.07 bits per heavy atom. The van der Waals surface area contributed by atoms with Crippen LogP contribution in [0.1, 0.15) is 64.0 Å². The Kier molecular flexibility index (Phi) is 5.50. The number of likely N-dealkylation sites (N-methyl/N-ethyl adjacent to an activating group) is 1. The molecule has 0 N–H and O–H groups in total. The van der Waals surface area contributed by atoms with Crippen LogP contribution in [0.15, 0.2) is 24.3 Å². The second-order valence-electron chi connectivity index (χ2n) is 8.93. The lowest BCUT2D eigenvalue weighted by Gasteiger charge is -2.35. The molecule has 152 valence electrons. The fourth-order valence-corrected chi connectivity index (χ4v) is 4.11. The minimum Gasteiger partial charge on any atom is -0.459 e. The van der Waals surface area contributed by atoms with E-state index in [1.54, 1.807) is 7.05 Å². The molecular formula is C22H30N2O4. The predicted octanol–water partition coefficient (Wildman–Crippen LogP) is 3.62. The highest BCUT2D eigenvalue weighted by Crippen LogP contribution is 2.39. The highest BCUT2D eigenvalue weighted by atomic mass is 16.5.